The fourth-order valence-electron chi connectivity index (χ4n) is 5.75. The van der Waals surface area contributed by atoms with Gasteiger partial charge in [-0.1, -0.05) is 172 Å². The highest BCUT2D eigenvalue weighted by Gasteiger charge is 2.23. The van der Waals surface area contributed by atoms with Crippen LogP contribution < -0.4 is 0 Å². The van der Waals surface area contributed by atoms with Gasteiger partial charge in [0.25, 0.3) is 0 Å². The first-order chi connectivity index (χ1) is 25.9. The Morgan fingerprint density at radius 2 is 1.15 bits per heavy atom. The Labute approximate surface area is 328 Å². The third kappa shape index (κ3) is 39.6. The number of ether oxygens (including phenoxy) is 2. The van der Waals surface area contributed by atoms with Gasteiger partial charge in [0.15, 0.2) is 6.10 Å². The van der Waals surface area contributed by atoms with Crippen LogP contribution in [-0.4, -0.2) is 63.5 Å². The van der Waals surface area contributed by atoms with Crippen LogP contribution in [0.25, 0.3) is 0 Å². The van der Waals surface area contributed by atoms with Crippen molar-refractivity contribution >= 4 is 19.8 Å². The van der Waals surface area contributed by atoms with E-state index in [4.69, 9.17) is 19.3 Å². The number of rotatable bonds is 37. The molecule has 0 aromatic rings. The SMILES string of the molecule is CCCCC/C=C\C[C@H](O)/C=C/C=C/C=C\[C@H](O)CCCC(=O)O[C@H](COC(=O)CCCCCCCCCCCCCCCCC(C)C)COP(=O)(O)O. The van der Waals surface area contributed by atoms with E-state index in [1.165, 1.54) is 89.9 Å². The van der Waals surface area contributed by atoms with Crippen LogP contribution in [0, 0.1) is 5.92 Å². The van der Waals surface area contributed by atoms with Crippen LogP contribution in [0.1, 0.15) is 175 Å². The first kappa shape index (κ1) is 51.9. The number of phosphoric ester groups is 1. The zero-order valence-corrected chi connectivity index (χ0v) is 34.9. The molecule has 0 unspecified atom stereocenters. The fraction of sp³-hybridized carbons (Fsp3) is 0.767. The van der Waals surface area contributed by atoms with Gasteiger partial charge < -0.3 is 29.5 Å². The molecule has 0 aliphatic carbocycles. The zero-order chi connectivity index (χ0) is 40.1. The molecule has 10 nitrogen and oxygen atoms in total. The topological polar surface area (TPSA) is 160 Å². The third-order valence-corrected chi connectivity index (χ3v) is 9.45. The largest absolute Gasteiger partial charge is 0.469 e. The second-order valence-electron chi connectivity index (χ2n) is 14.8. The van der Waals surface area contributed by atoms with Gasteiger partial charge in [0.05, 0.1) is 18.8 Å². The van der Waals surface area contributed by atoms with Gasteiger partial charge in [0, 0.05) is 12.8 Å². The van der Waals surface area contributed by atoms with Gasteiger partial charge in [0.2, 0.25) is 0 Å². The van der Waals surface area contributed by atoms with E-state index in [0.717, 1.165) is 31.6 Å². The number of esters is 2. The van der Waals surface area contributed by atoms with Gasteiger partial charge in [-0.15, -0.1) is 0 Å². The molecular formula is C43H77O10P. The standard InChI is InChI=1S/C43H77O10P/c1-4-5-6-7-19-24-30-39(44)31-25-21-22-26-32-40(45)33-28-35-43(47)53-41(37-52-54(48,49)50)36-51-42(46)34-27-20-17-15-13-11-9-8-10-12-14-16-18-23-29-38(2)3/h19,21-22,24-26,31-32,38-41,44-45H,4-18,20,23,27-30,33-37H2,1-3H3,(H2,48,49,50)/b22-21+,24-19-,31-25+,32-26-/t39-,40-,41+/m0/s1. The van der Waals surface area contributed by atoms with E-state index >= 15 is 0 Å². The van der Waals surface area contributed by atoms with Crippen LogP contribution >= 0.6 is 7.82 Å². The van der Waals surface area contributed by atoms with Crippen LogP contribution in [0.2, 0.25) is 0 Å². The summed E-state index contributed by atoms with van der Waals surface area (Å²) in [7, 11) is -4.82. The molecule has 314 valence electrons. The Kier molecular flexibility index (Phi) is 35.2. The maximum Gasteiger partial charge on any atom is 0.469 e. The van der Waals surface area contributed by atoms with Crippen molar-refractivity contribution in [1.29, 1.82) is 0 Å². The number of hydrogen-bond acceptors (Lipinski definition) is 8. The monoisotopic (exact) mass is 785 g/mol. The molecule has 0 aliphatic heterocycles. The molecule has 0 fully saturated rings. The Morgan fingerprint density at radius 3 is 1.70 bits per heavy atom. The summed E-state index contributed by atoms with van der Waals surface area (Å²) in [6, 6.07) is 0. The third-order valence-electron chi connectivity index (χ3n) is 8.97. The zero-order valence-electron chi connectivity index (χ0n) is 34.0. The minimum absolute atomic E-state index is 0.0482. The van der Waals surface area contributed by atoms with Gasteiger partial charge in [-0.2, -0.15) is 0 Å². The summed E-state index contributed by atoms with van der Waals surface area (Å²) in [6.45, 7) is 5.76. The molecule has 0 heterocycles. The van der Waals surface area contributed by atoms with Crippen molar-refractivity contribution in [2.45, 2.75) is 193 Å². The highest BCUT2D eigenvalue weighted by Crippen LogP contribution is 2.36. The normalized spacial score (nSPS) is 14.2. The Bertz CT molecular complexity index is 1060. The molecule has 3 atom stereocenters. The molecule has 4 N–H and O–H groups in total. The molecule has 54 heavy (non-hydrogen) atoms. The molecule has 0 amide bonds. The number of carbonyl (C=O) groups is 2. The number of aliphatic hydroxyl groups is 2. The first-order valence-corrected chi connectivity index (χ1v) is 22.5. The van der Waals surface area contributed by atoms with Crippen LogP contribution in [0.5, 0.6) is 0 Å². The average Bonchev–Trinajstić information content (AvgIpc) is 3.11. The second kappa shape index (κ2) is 36.6. The summed E-state index contributed by atoms with van der Waals surface area (Å²) >= 11 is 0. The van der Waals surface area contributed by atoms with Gasteiger partial charge in [-0.3, -0.25) is 14.1 Å². The number of aliphatic hydroxyl groups excluding tert-OH is 2. The van der Waals surface area contributed by atoms with Gasteiger partial charge in [-0.05, 0) is 44.4 Å². The van der Waals surface area contributed by atoms with E-state index in [1.54, 1.807) is 36.5 Å². The molecule has 0 aromatic carbocycles. The van der Waals surface area contributed by atoms with E-state index in [9.17, 15) is 24.4 Å². The van der Waals surface area contributed by atoms with E-state index in [2.05, 4.69) is 31.4 Å². The number of allylic oxidation sites excluding steroid dienone is 5. The lowest BCUT2D eigenvalue weighted by atomic mass is 10.0. The maximum absolute atomic E-state index is 12.4. The maximum atomic E-state index is 12.4. The van der Waals surface area contributed by atoms with Crippen molar-refractivity contribution in [1.82, 2.24) is 0 Å². The molecular weight excluding hydrogens is 707 g/mol. The summed E-state index contributed by atoms with van der Waals surface area (Å²) < 4.78 is 26.2. The van der Waals surface area contributed by atoms with Gasteiger partial charge in [-0.25, -0.2) is 4.57 Å². The molecule has 0 bridgehead atoms. The average molecular weight is 785 g/mol. The molecule has 0 aromatic heterocycles. The summed E-state index contributed by atoms with van der Waals surface area (Å²) in [6.07, 6.45) is 36.1. The Balaban J connectivity index is 4.17. The molecule has 0 aliphatic rings. The summed E-state index contributed by atoms with van der Waals surface area (Å²) in [4.78, 5) is 42.9. The van der Waals surface area contributed by atoms with Crippen LogP contribution in [0.3, 0.4) is 0 Å². The van der Waals surface area contributed by atoms with Crippen molar-refractivity contribution in [3.63, 3.8) is 0 Å². The van der Waals surface area contributed by atoms with Crippen LogP contribution in [0.15, 0.2) is 48.6 Å². The number of hydrogen-bond donors (Lipinski definition) is 4. The van der Waals surface area contributed by atoms with E-state index in [0.29, 0.717) is 19.3 Å². The van der Waals surface area contributed by atoms with Crippen LogP contribution in [0.4, 0.5) is 0 Å². The predicted molar refractivity (Wildman–Crippen MR) is 219 cm³/mol. The highest BCUT2D eigenvalue weighted by atomic mass is 31.2. The van der Waals surface area contributed by atoms with E-state index < -0.39 is 44.7 Å². The second-order valence-corrected chi connectivity index (χ2v) is 16.1. The number of carbonyl (C=O) groups excluding carboxylic acids is 2. The van der Waals surface area contributed by atoms with Crippen molar-refractivity contribution in [2.75, 3.05) is 13.2 Å². The van der Waals surface area contributed by atoms with Crippen molar-refractivity contribution in [2.24, 2.45) is 5.92 Å². The predicted octanol–water partition coefficient (Wildman–Crippen LogP) is 10.5. The fourth-order valence-corrected chi connectivity index (χ4v) is 6.11. The lowest BCUT2D eigenvalue weighted by Gasteiger charge is -2.18. The lowest BCUT2D eigenvalue weighted by Crippen LogP contribution is -2.29. The minimum atomic E-state index is -4.82. The Hall–Kier alpha value is -2.07. The summed E-state index contributed by atoms with van der Waals surface area (Å²) in [5, 5.41) is 20.2. The molecule has 0 saturated heterocycles. The minimum Gasteiger partial charge on any atom is -0.462 e. The van der Waals surface area contributed by atoms with Crippen molar-refractivity contribution in [3.8, 4) is 0 Å². The highest BCUT2D eigenvalue weighted by molar-refractivity contribution is 7.46. The van der Waals surface area contributed by atoms with Crippen LogP contribution in [-0.2, 0) is 28.2 Å². The summed E-state index contributed by atoms with van der Waals surface area (Å²) in [5.74, 6) is -0.304. The number of phosphoric acid groups is 1. The van der Waals surface area contributed by atoms with Crippen molar-refractivity contribution in [3.05, 3.63) is 48.6 Å². The smallest absolute Gasteiger partial charge is 0.462 e. The quantitative estimate of drug-likeness (QED) is 0.0157. The summed E-state index contributed by atoms with van der Waals surface area (Å²) in [5.41, 5.74) is 0. The first-order valence-electron chi connectivity index (χ1n) is 21.0. The molecule has 0 saturated carbocycles. The van der Waals surface area contributed by atoms with Gasteiger partial charge >= 0.3 is 19.8 Å². The van der Waals surface area contributed by atoms with E-state index in [-0.39, 0.29) is 25.9 Å². The molecule has 0 rings (SSSR count). The molecule has 0 radical (unpaired) electrons. The molecule has 11 heteroatoms. The van der Waals surface area contributed by atoms with Crippen molar-refractivity contribution < 1.29 is 48.2 Å². The number of unbranched alkanes of at least 4 members (excludes halogenated alkanes) is 16. The lowest BCUT2D eigenvalue weighted by molar-refractivity contribution is -0.161. The van der Waals surface area contributed by atoms with Gasteiger partial charge in [0.1, 0.15) is 6.61 Å². The van der Waals surface area contributed by atoms with E-state index in [1.807, 2.05) is 6.08 Å². The molecule has 0 spiro atoms. The Morgan fingerprint density at radius 1 is 0.611 bits per heavy atom.